The second-order valence-corrected chi connectivity index (χ2v) is 12.5. The number of benzene rings is 1. The maximum Gasteiger partial charge on any atom is 0.304 e. The van der Waals surface area contributed by atoms with Crippen LogP contribution in [0, 0.1) is 17.8 Å². The number of carbonyl (C=O) groups excluding carboxylic acids is 2. The summed E-state index contributed by atoms with van der Waals surface area (Å²) in [5, 5.41) is 22.4. The lowest BCUT2D eigenvalue weighted by Crippen LogP contribution is -2.48. The summed E-state index contributed by atoms with van der Waals surface area (Å²) in [6.45, 7) is 0.385. The molecule has 1 aliphatic carbocycles. The summed E-state index contributed by atoms with van der Waals surface area (Å²) >= 11 is 1.31. The Morgan fingerprint density at radius 1 is 1.05 bits per heavy atom. The first kappa shape index (κ1) is 29.2. The van der Waals surface area contributed by atoms with Crippen LogP contribution in [0.5, 0.6) is 0 Å². The predicted molar refractivity (Wildman–Crippen MR) is 166 cm³/mol. The number of carboxylic acids is 1. The number of carbonyl (C=O) groups is 3. The minimum Gasteiger partial charge on any atom is -0.481 e. The molecular formula is C33H36N4O5S. The molecule has 2 fully saturated rings. The van der Waals surface area contributed by atoms with Gasteiger partial charge in [-0.2, -0.15) is 0 Å². The Bertz CT molecular complexity index is 1510. The van der Waals surface area contributed by atoms with Crippen molar-refractivity contribution in [3.8, 4) is 22.4 Å². The first-order chi connectivity index (χ1) is 20.9. The van der Waals surface area contributed by atoms with Crippen LogP contribution in [-0.2, 0) is 14.4 Å². The van der Waals surface area contributed by atoms with Crippen molar-refractivity contribution in [2.45, 2.75) is 57.4 Å². The van der Waals surface area contributed by atoms with E-state index in [9.17, 15) is 24.6 Å². The zero-order chi connectivity index (χ0) is 29.9. The number of hydrogen-bond donors (Lipinski definition) is 2. The van der Waals surface area contributed by atoms with Crippen molar-refractivity contribution in [3.63, 3.8) is 0 Å². The molecule has 0 radical (unpaired) electrons. The number of nitrogens with zero attached hydrogens (tertiary/aromatic N) is 4. The summed E-state index contributed by atoms with van der Waals surface area (Å²) in [5.74, 6) is -0.979. The minimum atomic E-state index is -0.992. The van der Waals surface area contributed by atoms with Gasteiger partial charge in [-0.05, 0) is 42.4 Å². The lowest BCUT2D eigenvalue weighted by atomic mass is 9.75. The first-order valence-corrected chi connectivity index (χ1v) is 16.0. The van der Waals surface area contributed by atoms with Crippen molar-refractivity contribution in [2.24, 2.45) is 17.8 Å². The second-order valence-electron chi connectivity index (χ2n) is 11.6. The van der Waals surface area contributed by atoms with Crippen LogP contribution in [0.4, 0.5) is 10.9 Å². The van der Waals surface area contributed by atoms with Gasteiger partial charge >= 0.3 is 5.97 Å². The van der Waals surface area contributed by atoms with E-state index in [4.69, 9.17) is 4.98 Å². The van der Waals surface area contributed by atoms with Gasteiger partial charge in [-0.3, -0.25) is 24.2 Å². The van der Waals surface area contributed by atoms with Crippen LogP contribution in [0.1, 0.15) is 51.4 Å². The van der Waals surface area contributed by atoms with E-state index in [-0.39, 0.29) is 30.8 Å². The van der Waals surface area contributed by atoms with Gasteiger partial charge < -0.3 is 10.2 Å². The second kappa shape index (κ2) is 12.8. The van der Waals surface area contributed by atoms with Gasteiger partial charge in [0.2, 0.25) is 11.8 Å². The lowest BCUT2D eigenvalue weighted by Gasteiger charge is -2.37. The van der Waals surface area contributed by atoms with Crippen molar-refractivity contribution >= 4 is 40.1 Å². The zero-order valence-corrected chi connectivity index (χ0v) is 24.8. The normalized spacial score (nSPS) is 23.9. The fraction of sp³-hybridized carbons (Fsp3) is 0.424. The summed E-state index contributed by atoms with van der Waals surface area (Å²) in [7, 11) is 0. The molecule has 6 rings (SSSR count). The number of pyridine rings is 1. The van der Waals surface area contributed by atoms with E-state index in [1.807, 2.05) is 53.9 Å². The van der Waals surface area contributed by atoms with Gasteiger partial charge in [0.05, 0.1) is 30.7 Å². The molecular weight excluding hydrogens is 564 g/mol. The first-order valence-electron chi connectivity index (χ1n) is 15.1. The molecule has 3 atom stereocenters. The van der Waals surface area contributed by atoms with E-state index in [0.29, 0.717) is 41.9 Å². The Hall–Kier alpha value is -3.89. The van der Waals surface area contributed by atoms with Crippen molar-refractivity contribution in [3.05, 3.63) is 60.1 Å². The molecule has 1 aromatic carbocycles. The van der Waals surface area contributed by atoms with E-state index >= 15 is 0 Å². The van der Waals surface area contributed by atoms with E-state index in [1.165, 1.54) is 16.2 Å². The standard InChI is InChI=1S/C33H36N4O5S/c38-19-23-9-5-12-24(21-7-1-2-8-21)27(17-31(40)41)32(42)37(23)33-35-28(20-43-33)26-11-4-3-10-25(26)22-14-15-29(34-18-22)36-16-6-13-30(36)39/h3-5,9-11,14-15,18,20-21,23-24,27,38H,1-2,6-8,12-13,16-17,19H2,(H,40,41)/b9-5-/t23-,24+,27-/m0/s1. The molecule has 10 heteroatoms. The van der Waals surface area contributed by atoms with Crippen molar-refractivity contribution in [1.82, 2.24) is 9.97 Å². The number of allylic oxidation sites excluding steroid dienone is 1. The highest BCUT2D eigenvalue weighted by Gasteiger charge is 2.42. The molecule has 3 aliphatic rings. The maximum absolute atomic E-state index is 14.2. The largest absolute Gasteiger partial charge is 0.481 e. The third kappa shape index (κ3) is 5.99. The van der Waals surface area contributed by atoms with Crippen LogP contribution in [0.2, 0.25) is 0 Å². The van der Waals surface area contributed by atoms with Gasteiger partial charge in [0, 0.05) is 35.7 Å². The molecule has 2 N–H and O–H groups in total. The third-order valence-electron chi connectivity index (χ3n) is 9.07. The van der Waals surface area contributed by atoms with E-state index < -0.39 is 17.9 Å². The third-order valence-corrected chi connectivity index (χ3v) is 9.91. The molecule has 3 aromatic rings. The lowest BCUT2D eigenvalue weighted by molar-refractivity contribution is -0.142. The molecule has 43 heavy (non-hydrogen) atoms. The number of amides is 2. The predicted octanol–water partition coefficient (Wildman–Crippen LogP) is 5.55. The summed E-state index contributed by atoms with van der Waals surface area (Å²) in [6, 6.07) is 11.0. The van der Waals surface area contributed by atoms with Crippen LogP contribution >= 0.6 is 11.3 Å². The molecule has 0 bridgehead atoms. The van der Waals surface area contributed by atoms with Crippen molar-refractivity contribution in [1.29, 1.82) is 0 Å². The summed E-state index contributed by atoms with van der Waals surface area (Å²) in [5.41, 5.74) is 3.32. The number of thiazole rings is 1. The molecule has 2 aromatic heterocycles. The molecule has 0 spiro atoms. The smallest absolute Gasteiger partial charge is 0.304 e. The maximum atomic E-state index is 14.2. The molecule has 1 saturated heterocycles. The number of rotatable bonds is 8. The highest BCUT2D eigenvalue weighted by Crippen LogP contribution is 2.42. The number of aliphatic carboxylic acids is 1. The molecule has 0 unspecified atom stereocenters. The molecule has 224 valence electrons. The summed E-state index contributed by atoms with van der Waals surface area (Å²) < 4.78 is 0. The van der Waals surface area contributed by atoms with Gasteiger partial charge in [0.25, 0.3) is 0 Å². The number of carboxylic acid groups (broad SMARTS) is 1. The fourth-order valence-corrected chi connectivity index (χ4v) is 7.82. The van der Waals surface area contributed by atoms with E-state index in [0.717, 1.165) is 48.8 Å². The summed E-state index contributed by atoms with van der Waals surface area (Å²) in [6.07, 6.45) is 11.6. The SMILES string of the molecule is O=C(O)C[C@@H]1C(=O)N(c2nc(-c3ccccc3-c3ccc(N4CCCC4=O)nc3)cs2)[C@H](CO)/C=C\C[C@@H]1C1CCCC1. The van der Waals surface area contributed by atoms with Gasteiger partial charge in [-0.1, -0.05) is 62.1 Å². The van der Waals surface area contributed by atoms with Crippen LogP contribution in [-0.4, -0.2) is 57.2 Å². The summed E-state index contributed by atoms with van der Waals surface area (Å²) in [4.78, 5) is 51.1. The van der Waals surface area contributed by atoms with Crippen LogP contribution < -0.4 is 9.80 Å². The Labute approximate surface area is 254 Å². The Balaban J connectivity index is 1.33. The van der Waals surface area contributed by atoms with Gasteiger partial charge in [0.1, 0.15) is 5.82 Å². The van der Waals surface area contributed by atoms with Crippen LogP contribution in [0.25, 0.3) is 22.4 Å². The van der Waals surface area contributed by atoms with E-state index in [1.54, 1.807) is 11.1 Å². The molecule has 2 amide bonds. The molecule has 9 nitrogen and oxygen atoms in total. The molecule has 2 aliphatic heterocycles. The minimum absolute atomic E-state index is 0.0593. The molecule has 4 heterocycles. The number of aromatic nitrogens is 2. The van der Waals surface area contributed by atoms with Crippen LogP contribution in [0.15, 0.2) is 60.1 Å². The van der Waals surface area contributed by atoms with Gasteiger partial charge in [-0.25, -0.2) is 9.97 Å². The quantitative estimate of drug-likeness (QED) is 0.325. The number of aliphatic hydroxyl groups excluding tert-OH is 1. The van der Waals surface area contributed by atoms with Gasteiger partial charge in [0.15, 0.2) is 5.13 Å². The number of aliphatic hydroxyl groups is 1. The zero-order valence-electron chi connectivity index (χ0n) is 24.0. The highest BCUT2D eigenvalue weighted by molar-refractivity contribution is 7.14. The molecule has 1 saturated carbocycles. The fourth-order valence-electron chi connectivity index (χ4n) is 6.93. The highest BCUT2D eigenvalue weighted by atomic mass is 32.1. The average Bonchev–Trinajstić information content (AvgIpc) is 3.80. The Morgan fingerprint density at radius 2 is 1.84 bits per heavy atom. The topological polar surface area (TPSA) is 124 Å². The van der Waals surface area contributed by atoms with E-state index in [2.05, 4.69) is 4.98 Å². The van der Waals surface area contributed by atoms with Crippen LogP contribution in [0.3, 0.4) is 0 Å². The monoisotopic (exact) mass is 600 g/mol. The van der Waals surface area contributed by atoms with Crippen molar-refractivity contribution in [2.75, 3.05) is 23.0 Å². The Morgan fingerprint density at radius 3 is 2.51 bits per heavy atom. The Kier molecular flexibility index (Phi) is 8.67. The number of anilines is 2. The average molecular weight is 601 g/mol. The van der Waals surface area contributed by atoms with Gasteiger partial charge in [-0.15, -0.1) is 11.3 Å². The van der Waals surface area contributed by atoms with Crippen molar-refractivity contribution < 1.29 is 24.6 Å². The number of hydrogen-bond acceptors (Lipinski definition) is 7.